The molecule has 1 aromatic carbocycles. The minimum absolute atomic E-state index is 0.410. The van der Waals surface area contributed by atoms with Gasteiger partial charge in [-0.25, -0.2) is 0 Å². The number of hydrogen-bond donors (Lipinski definition) is 1. The molecule has 1 radical (unpaired) electrons. The first kappa shape index (κ1) is 6.49. The normalized spacial score (nSPS) is 13.7. The molecule has 0 spiro atoms. The third kappa shape index (κ3) is 0.851. The maximum atomic E-state index is 5.72. The highest BCUT2D eigenvalue weighted by Gasteiger charge is 2.16. The Balaban J connectivity index is 2.64. The third-order valence-corrected chi connectivity index (χ3v) is 1.81. The van der Waals surface area contributed by atoms with Crippen LogP contribution in [0.1, 0.15) is 5.56 Å². The number of benzene rings is 1. The second-order valence-electron chi connectivity index (χ2n) is 2.23. The summed E-state index contributed by atoms with van der Waals surface area (Å²) in [6.07, 6.45) is 0. The number of fused-ring (bicyclic) bond motifs is 1. The molecule has 55 valence electrons. The number of nitrogens with zero attached hydrogens (tertiary/aromatic N) is 2. The van der Waals surface area contributed by atoms with E-state index in [1.54, 1.807) is 6.07 Å². The van der Waals surface area contributed by atoms with Gasteiger partial charge in [0.15, 0.2) is 5.17 Å². The van der Waals surface area contributed by atoms with Gasteiger partial charge >= 0.3 is 0 Å². The van der Waals surface area contributed by atoms with E-state index in [-0.39, 0.29) is 0 Å². The van der Waals surface area contributed by atoms with E-state index in [2.05, 4.69) is 10.5 Å². The van der Waals surface area contributed by atoms with Crippen molar-refractivity contribution in [3.8, 4) is 0 Å². The fraction of sp³-hybridized carbons (Fsp3) is 0. The summed E-state index contributed by atoms with van der Waals surface area (Å²) in [5.41, 5.74) is 11.5. The zero-order valence-electron chi connectivity index (χ0n) is 5.58. The summed E-state index contributed by atoms with van der Waals surface area (Å²) in [7, 11) is 0. The molecule has 0 atom stereocenters. The van der Waals surface area contributed by atoms with Gasteiger partial charge in [0.2, 0.25) is 0 Å². The van der Waals surface area contributed by atoms with Gasteiger partial charge in [0.25, 0.3) is 0 Å². The average Bonchev–Trinajstić information content (AvgIpc) is 2.35. The van der Waals surface area contributed by atoms with Crippen LogP contribution in [0.25, 0.3) is 0 Å². The van der Waals surface area contributed by atoms with Crippen molar-refractivity contribution in [2.45, 2.75) is 0 Å². The van der Waals surface area contributed by atoms with Gasteiger partial charge in [-0.15, -0.1) is 10.5 Å². The summed E-state index contributed by atoms with van der Waals surface area (Å²) >= 11 is 5.72. The van der Waals surface area contributed by atoms with Crippen molar-refractivity contribution in [1.82, 2.24) is 5.43 Å². The molecule has 0 amide bonds. The molecule has 1 aliphatic heterocycles. The first-order valence-electron chi connectivity index (χ1n) is 3.12. The molecular weight excluding hydrogens is 162 g/mol. The molecule has 3 nitrogen and oxygen atoms in total. The van der Waals surface area contributed by atoms with Crippen molar-refractivity contribution in [2.75, 3.05) is 5.73 Å². The van der Waals surface area contributed by atoms with Gasteiger partial charge in [-0.3, -0.25) is 0 Å². The highest BCUT2D eigenvalue weighted by atomic mass is 35.5. The number of rotatable bonds is 0. The molecule has 1 aliphatic rings. The highest BCUT2D eigenvalue weighted by Crippen LogP contribution is 2.29. The molecule has 0 fully saturated rings. The predicted octanol–water partition coefficient (Wildman–Crippen LogP) is 1.42. The van der Waals surface area contributed by atoms with Crippen LogP contribution < -0.4 is 11.2 Å². The zero-order valence-corrected chi connectivity index (χ0v) is 6.34. The zero-order chi connectivity index (χ0) is 7.84. The van der Waals surface area contributed by atoms with Crippen molar-refractivity contribution >= 4 is 28.1 Å². The van der Waals surface area contributed by atoms with Crippen molar-refractivity contribution < 1.29 is 0 Å². The number of halogens is 1. The maximum Gasteiger partial charge on any atom is 0.161 e. The summed E-state index contributed by atoms with van der Waals surface area (Å²) in [6.45, 7) is 0. The van der Waals surface area contributed by atoms with Gasteiger partial charge in [0, 0.05) is 5.56 Å². The Morgan fingerprint density at radius 1 is 1.36 bits per heavy atom. The van der Waals surface area contributed by atoms with E-state index < -0.39 is 0 Å². The van der Waals surface area contributed by atoms with Gasteiger partial charge < -0.3 is 5.73 Å². The first-order chi connectivity index (χ1) is 5.29. The predicted molar refractivity (Wildman–Crippen MR) is 45.0 cm³/mol. The summed E-state index contributed by atoms with van der Waals surface area (Å²) in [5, 5.41) is 4.10. The summed E-state index contributed by atoms with van der Waals surface area (Å²) in [5.74, 6) is 0. The Bertz CT molecular complexity index is 332. The van der Waals surface area contributed by atoms with Gasteiger partial charge in [-0.1, -0.05) is 17.7 Å². The monoisotopic (exact) mass is 166 g/mol. The minimum Gasteiger partial charge on any atom is -0.397 e. The van der Waals surface area contributed by atoms with Crippen molar-refractivity contribution in [2.24, 2.45) is 5.10 Å². The molecule has 1 aromatic rings. The number of hydrogen-bond acceptors (Lipinski definition) is 2. The molecule has 4 heteroatoms. The second-order valence-corrected chi connectivity index (χ2v) is 2.59. The Morgan fingerprint density at radius 2 is 2.18 bits per heavy atom. The quantitative estimate of drug-likeness (QED) is 0.583. The van der Waals surface area contributed by atoms with E-state index in [1.807, 2.05) is 12.1 Å². The van der Waals surface area contributed by atoms with Crippen molar-refractivity contribution in [1.29, 1.82) is 0 Å². The van der Waals surface area contributed by atoms with Gasteiger partial charge in [-0.05, 0) is 12.1 Å². The third-order valence-electron chi connectivity index (χ3n) is 1.53. The number of nitrogens with two attached hydrogens (primary N) is 1. The molecule has 0 saturated heterocycles. The lowest BCUT2D eigenvalue weighted by molar-refractivity contribution is 0.992. The van der Waals surface area contributed by atoms with Crippen LogP contribution in [-0.2, 0) is 0 Å². The number of nitrogen functional groups attached to an aromatic ring is 1. The Hall–Kier alpha value is -1.22. The van der Waals surface area contributed by atoms with Gasteiger partial charge in [0.1, 0.15) is 5.69 Å². The molecule has 0 unspecified atom stereocenters. The van der Waals surface area contributed by atoms with E-state index in [0.717, 1.165) is 5.56 Å². The Kier molecular flexibility index (Phi) is 1.26. The molecule has 0 aromatic heterocycles. The molecule has 2 N–H and O–H groups in total. The second kappa shape index (κ2) is 2.13. The van der Waals surface area contributed by atoms with E-state index in [9.17, 15) is 0 Å². The SMILES string of the molecule is Nc1cccc2c1[N]N=C2Cl. The molecule has 11 heavy (non-hydrogen) atoms. The van der Waals surface area contributed by atoms with Crippen LogP contribution in [0, 0.1) is 0 Å². The Labute approximate surface area is 68.8 Å². The molecule has 2 rings (SSSR count). The van der Waals surface area contributed by atoms with E-state index >= 15 is 0 Å². The number of anilines is 1. The van der Waals surface area contributed by atoms with Crippen LogP contribution in [-0.4, -0.2) is 5.17 Å². The van der Waals surface area contributed by atoms with Crippen LogP contribution in [0.4, 0.5) is 11.4 Å². The molecular formula is C7H5ClN3. The maximum absolute atomic E-state index is 5.72. The summed E-state index contributed by atoms with van der Waals surface area (Å²) in [4.78, 5) is 0. The molecule has 1 heterocycles. The lowest BCUT2D eigenvalue weighted by Crippen LogP contribution is -1.92. The van der Waals surface area contributed by atoms with Gasteiger partial charge in [-0.2, -0.15) is 0 Å². The largest absolute Gasteiger partial charge is 0.397 e. The fourth-order valence-corrected chi connectivity index (χ4v) is 1.18. The highest BCUT2D eigenvalue weighted by molar-refractivity contribution is 6.70. The van der Waals surface area contributed by atoms with Crippen molar-refractivity contribution in [3.05, 3.63) is 23.8 Å². The van der Waals surface area contributed by atoms with Crippen LogP contribution in [0.2, 0.25) is 0 Å². The molecule has 0 aliphatic carbocycles. The Morgan fingerprint density at radius 3 is 2.91 bits per heavy atom. The van der Waals surface area contributed by atoms with Crippen molar-refractivity contribution in [3.63, 3.8) is 0 Å². The molecule has 0 bridgehead atoms. The minimum atomic E-state index is 0.410. The first-order valence-corrected chi connectivity index (χ1v) is 3.50. The van der Waals surface area contributed by atoms with Crippen LogP contribution >= 0.6 is 11.6 Å². The van der Waals surface area contributed by atoms with E-state index in [0.29, 0.717) is 16.5 Å². The fourth-order valence-electron chi connectivity index (χ4n) is 0.987. The van der Waals surface area contributed by atoms with Crippen LogP contribution in [0.15, 0.2) is 23.3 Å². The topological polar surface area (TPSA) is 52.5 Å². The van der Waals surface area contributed by atoms with Crippen LogP contribution in [0.5, 0.6) is 0 Å². The molecule has 0 saturated carbocycles. The van der Waals surface area contributed by atoms with Gasteiger partial charge in [0.05, 0.1) is 5.69 Å². The lowest BCUT2D eigenvalue weighted by Gasteiger charge is -1.98. The van der Waals surface area contributed by atoms with E-state index in [1.165, 1.54) is 0 Å². The average molecular weight is 167 g/mol. The van der Waals surface area contributed by atoms with E-state index in [4.69, 9.17) is 17.3 Å². The standard InChI is InChI=1S/C7H5ClN3/c8-7-4-2-1-3-5(9)6(4)10-11-7/h1-3H,9H2. The summed E-state index contributed by atoms with van der Waals surface area (Å²) in [6, 6.07) is 5.44. The summed E-state index contributed by atoms with van der Waals surface area (Å²) < 4.78 is 0. The van der Waals surface area contributed by atoms with Crippen LogP contribution in [0.3, 0.4) is 0 Å². The smallest absolute Gasteiger partial charge is 0.161 e. The lowest BCUT2D eigenvalue weighted by atomic mass is 10.2.